The third-order valence-corrected chi connectivity index (χ3v) is 0.841. The standard InChI is InChI=1S/C5H12N4/c1-2-3-4-7-5-8-9-6/h5H,2-4H2,1H3,(H2,6,7,8). The summed E-state index contributed by atoms with van der Waals surface area (Å²) in [5.41, 5.74) is 0. The first-order chi connectivity index (χ1) is 4.41. The van der Waals surface area contributed by atoms with Crippen LogP contribution in [0.25, 0.3) is 0 Å². The summed E-state index contributed by atoms with van der Waals surface area (Å²) >= 11 is 0. The summed E-state index contributed by atoms with van der Waals surface area (Å²) in [6.45, 7) is 2.93. The fourth-order valence-corrected chi connectivity index (χ4v) is 0.373. The maximum atomic E-state index is 4.71. The summed E-state index contributed by atoms with van der Waals surface area (Å²) < 4.78 is 0. The van der Waals surface area contributed by atoms with E-state index in [1.54, 1.807) is 0 Å². The SMILES string of the molecule is CCCCN=CN=NN. The molecule has 0 aromatic heterocycles. The molecule has 0 aromatic carbocycles. The van der Waals surface area contributed by atoms with Crippen molar-refractivity contribution in [1.82, 2.24) is 0 Å². The summed E-state index contributed by atoms with van der Waals surface area (Å²) in [7, 11) is 0. The Hall–Kier alpha value is -0.930. The molecule has 9 heavy (non-hydrogen) atoms. The molecule has 0 atom stereocenters. The lowest BCUT2D eigenvalue weighted by Gasteiger charge is -1.84. The molecule has 0 saturated carbocycles. The molecule has 0 radical (unpaired) electrons. The van der Waals surface area contributed by atoms with Gasteiger partial charge in [-0.15, -0.1) is 5.11 Å². The number of hydrogen-bond donors (Lipinski definition) is 1. The molecule has 52 valence electrons. The first-order valence-electron chi connectivity index (χ1n) is 3.00. The van der Waals surface area contributed by atoms with Crippen LogP contribution < -0.4 is 5.84 Å². The Morgan fingerprint density at radius 1 is 1.56 bits per heavy atom. The monoisotopic (exact) mass is 128 g/mol. The first-order valence-corrected chi connectivity index (χ1v) is 3.00. The van der Waals surface area contributed by atoms with Crippen LogP contribution >= 0.6 is 0 Å². The second-order valence-electron chi connectivity index (χ2n) is 1.61. The number of hydrogen-bond acceptors (Lipinski definition) is 2. The molecule has 4 heteroatoms. The van der Waals surface area contributed by atoms with Crippen molar-refractivity contribution < 1.29 is 0 Å². The van der Waals surface area contributed by atoms with E-state index in [0.29, 0.717) is 0 Å². The molecule has 0 amide bonds. The molecule has 0 aliphatic heterocycles. The summed E-state index contributed by atoms with van der Waals surface area (Å²) in [4.78, 5) is 3.89. The largest absolute Gasteiger partial charge is 0.305 e. The third-order valence-electron chi connectivity index (χ3n) is 0.841. The molecule has 0 aliphatic rings. The molecule has 0 unspecified atom stereocenters. The van der Waals surface area contributed by atoms with Gasteiger partial charge in [-0.2, -0.15) is 0 Å². The molecule has 2 N–H and O–H groups in total. The molecular weight excluding hydrogens is 116 g/mol. The van der Waals surface area contributed by atoms with Gasteiger partial charge in [-0.3, -0.25) is 4.99 Å². The van der Waals surface area contributed by atoms with Gasteiger partial charge in [-0.1, -0.05) is 18.6 Å². The van der Waals surface area contributed by atoms with E-state index in [0.717, 1.165) is 19.4 Å². The van der Waals surface area contributed by atoms with Gasteiger partial charge < -0.3 is 5.84 Å². The van der Waals surface area contributed by atoms with Gasteiger partial charge in [0.15, 0.2) is 0 Å². The van der Waals surface area contributed by atoms with Crippen LogP contribution in [0.2, 0.25) is 0 Å². The van der Waals surface area contributed by atoms with Crippen molar-refractivity contribution in [3.63, 3.8) is 0 Å². The van der Waals surface area contributed by atoms with E-state index in [9.17, 15) is 0 Å². The number of nitrogens with two attached hydrogens (primary N) is 1. The highest BCUT2D eigenvalue weighted by atomic mass is 15.3. The Balaban J connectivity index is 3.04. The molecule has 0 aromatic rings. The number of aliphatic imine (C=N–C) groups is 1. The van der Waals surface area contributed by atoms with Crippen LogP contribution in [0.4, 0.5) is 0 Å². The Morgan fingerprint density at radius 3 is 2.89 bits per heavy atom. The second kappa shape index (κ2) is 7.07. The smallest absolute Gasteiger partial charge is 0.134 e. The zero-order chi connectivity index (χ0) is 6.95. The van der Waals surface area contributed by atoms with Gasteiger partial charge in [-0.05, 0) is 6.42 Å². The third kappa shape index (κ3) is 7.07. The zero-order valence-corrected chi connectivity index (χ0v) is 5.62. The van der Waals surface area contributed by atoms with E-state index in [4.69, 9.17) is 5.84 Å². The molecule has 0 spiro atoms. The fraction of sp³-hybridized carbons (Fsp3) is 0.800. The van der Waals surface area contributed by atoms with Crippen molar-refractivity contribution in [3.05, 3.63) is 0 Å². The summed E-state index contributed by atoms with van der Waals surface area (Å²) in [6.07, 6.45) is 3.61. The van der Waals surface area contributed by atoms with E-state index < -0.39 is 0 Å². The number of unbranched alkanes of at least 4 members (excludes halogenated alkanes) is 1. The summed E-state index contributed by atoms with van der Waals surface area (Å²) in [5.74, 6) is 4.71. The average molecular weight is 128 g/mol. The Labute approximate surface area is 54.9 Å². The van der Waals surface area contributed by atoms with Crippen LogP contribution in [0.5, 0.6) is 0 Å². The zero-order valence-electron chi connectivity index (χ0n) is 5.62. The molecule has 0 aliphatic carbocycles. The minimum atomic E-state index is 0.815. The second-order valence-corrected chi connectivity index (χ2v) is 1.61. The van der Waals surface area contributed by atoms with E-state index in [1.807, 2.05) is 0 Å². The predicted octanol–water partition coefficient (Wildman–Crippen LogP) is 1.14. The molecule has 0 saturated heterocycles. The molecule has 0 fully saturated rings. The highest BCUT2D eigenvalue weighted by Gasteiger charge is 1.75. The van der Waals surface area contributed by atoms with Crippen LogP contribution in [0.15, 0.2) is 15.3 Å². The molecule has 0 bridgehead atoms. The van der Waals surface area contributed by atoms with Gasteiger partial charge in [0.1, 0.15) is 6.34 Å². The van der Waals surface area contributed by atoms with Crippen LogP contribution in [-0.2, 0) is 0 Å². The van der Waals surface area contributed by atoms with Gasteiger partial charge in [0.05, 0.1) is 0 Å². The number of nitrogens with zero attached hydrogens (tertiary/aromatic N) is 3. The lowest BCUT2D eigenvalue weighted by Crippen LogP contribution is -1.79. The van der Waals surface area contributed by atoms with E-state index in [1.165, 1.54) is 6.34 Å². The average Bonchev–Trinajstić information content (AvgIpc) is 1.89. The van der Waals surface area contributed by atoms with Crippen molar-refractivity contribution in [2.45, 2.75) is 19.8 Å². The van der Waals surface area contributed by atoms with Crippen molar-refractivity contribution in [2.75, 3.05) is 6.54 Å². The van der Waals surface area contributed by atoms with E-state index in [2.05, 4.69) is 22.3 Å². The van der Waals surface area contributed by atoms with Crippen LogP contribution in [0, 0.1) is 0 Å². The van der Waals surface area contributed by atoms with Gasteiger partial charge in [0.2, 0.25) is 0 Å². The van der Waals surface area contributed by atoms with Crippen molar-refractivity contribution in [1.29, 1.82) is 0 Å². The summed E-state index contributed by atoms with van der Waals surface area (Å²) in [6, 6.07) is 0. The Bertz CT molecular complexity index is 97.1. The number of rotatable bonds is 4. The van der Waals surface area contributed by atoms with E-state index in [-0.39, 0.29) is 0 Å². The van der Waals surface area contributed by atoms with Crippen LogP contribution in [-0.4, -0.2) is 12.9 Å². The fourth-order valence-electron chi connectivity index (χ4n) is 0.373. The highest BCUT2D eigenvalue weighted by molar-refractivity contribution is 5.54. The maximum absolute atomic E-state index is 4.71. The highest BCUT2D eigenvalue weighted by Crippen LogP contribution is 1.84. The molecule has 0 heterocycles. The molecule has 0 rings (SSSR count). The first kappa shape index (κ1) is 8.07. The van der Waals surface area contributed by atoms with Crippen molar-refractivity contribution in [3.8, 4) is 0 Å². The van der Waals surface area contributed by atoms with Gasteiger partial charge in [0.25, 0.3) is 0 Å². The van der Waals surface area contributed by atoms with Gasteiger partial charge in [-0.25, -0.2) is 0 Å². The van der Waals surface area contributed by atoms with Crippen LogP contribution in [0.1, 0.15) is 19.8 Å². The molecule has 4 nitrogen and oxygen atoms in total. The molecular formula is C5H12N4. The minimum Gasteiger partial charge on any atom is -0.305 e. The maximum Gasteiger partial charge on any atom is 0.134 e. The normalized spacial score (nSPS) is 11.7. The van der Waals surface area contributed by atoms with Gasteiger partial charge in [0, 0.05) is 6.54 Å². The van der Waals surface area contributed by atoms with Crippen molar-refractivity contribution in [2.24, 2.45) is 21.2 Å². The topological polar surface area (TPSA) is 63.1 Å². The predicted molar refractivity (Wildman–Crippen MR) is 37.3 cm³/mol. The quantitative estimate of drug-likeness (QED) is 0.151. The van der Waals surface area contributed by atoms with E-state index >= 15 is 0 Å². The lowest BCUT2D eigenvalue weighted by atomic mass is 10.3. The van der Waals surface area contributed by atoms with Crippen LogP contribution in [0.3, 0.4) is 0 Å². The van der Waals surface area contributed by atoms with Crippen molar-refractivity contribution >= 4 is 6.34 Å². The minimum absolute atomic E-state index is 0.815. The Kier molecular flexibility index (Phi) is 6.34. The lowest BCUT2D eigenvalue weighted by molar-refractivity contribution is 0.808. The summed E-state index contributed by atoms with van der Waals surface area (Å²) in [5, 5.41) is 6.36. The Morgan fingerprint density at radius 2 is 2.33 bits per heavy atom. The van der Waals surface area contributed by atoms with Gasteiger partial charge >= 0.3 is 0 Å².